The molecule has 2 atom stereocenters. The third kappa shape index (κ3) is 8.04. The fourth-order valence-corrected chi connectivity index (χ4v) is 4.98. The van der Waals surface area contributed by atoms with E-state index < -0.39 is 8.32 Å². The molecule has 1 saturated heterocycles. The number of hydrogen-bond acceptors (Lipinski definition) is 5. The topological polar surface area (TPSA) is 40.6 Å². The molecule has 6 heteroatoms. The molecule has 1 aromatic rings. The SMILES string of the molecule is CC(=CC[C@H](O[Si](C)(C)C(C)(C)C)C(C)=Cc1csc(C)n1)COC1CCCCO1. The van der Waals surface area contributed by atoms with Gasteiger partial charge in [-0.05, 0) is 76.2 Å². The third-order valence-corrected chi connectivity index (χ3v) is 11.4. The van der Waals surface area contributed by atoms with Gasteiger partial charge in [0.1, 0.15) is 0 Å². The number of hydrogen-bond donors (Lipinski definition) is 0. The second kappa shape index (κ2) is 11.2. The summed E-state index contributed by atoms with van der Waals surface area (Å²) >= 11 is 1.69. The molecule has 0 N–H and O–H groups in total. The summed E-state index contributed by atoms with van der Waals surface area (Å²) in [6, 6.07) is 0. The first kappa shape index (κ1) is 25.5. The van der Waals surface area contributed by atoms with Crippen molar-refractivity contribution in [2.45, 2.75) is 97.8 Å². The number of nitrogens with zero attached hydrogens (tertiary/aromatic N) is 1. The van der Waals surface area contributed by atoms with Crippen LogP contribution >= 0.6 is 11.3 Å². The lowest BCUT2D eigenvalue weighted by atomic mass is 10.1. The number of aryl methyl sites for hydroxylation is 1. The van der Waals surface area contributed by atoms with Gasteiger partial charge >= 0.3 is 0 Å². The van der Waals surface area contributed by atoms with Crippen molar-refractivity contribution in [2.75, 3.05) is 13.2 Å². The predicted octanol–water partition coefficient (Wildman–Crippen LogP) is 7.12. The molecule has 0 amide bonds. The maximum absolute atomic E-state index is 6.82. The van der Waals surface area contributed by atoms with Gasteiger partial charge in [-0.3, -0.25) is 0 Å². The van der Waals surface area contributed by atoms with Gasteiger partial charge in [-0.15, -0.1) is 11.3 Å². The smallest absolute Gasteiger partial charge is 0.192 e. The summed E-state index contributed by atoms with van der Waals surface area (Å²) in [6.45, 7) is 19.3. The van der Waals surface area contributed by atoms with Gasteiger partial charge in [-0.1, -0.05) is 32.4 Å². The summed E-state index contributed by atoms with van der Waals surface area (Å²) in [5.41, 5.74) is 3.48. The average Bonchev–Trinajstić information content (AvgIpc) is 3.07. The molecule has 0 aromatic carbocycles. The Morgan fingerprint density at radius 2 is 2.07 bits per heavy atom. The second-order valence-corrected chi connectivity index (χ2v) is 15.8. The van der Waals surface area contributed by atoms with Crippen LogP contribution in [0.2, 0.25) is 18.1 Å². The van der Waals surface area contributed by atoms with Crippen LogP contribution in [-0.2, 0) is 13.9 Å². The van der Waals surface area contributed by atoms with Crippen molar-refractivity contribution in [1.29, 1.82) is 0 Å². The molecule has 0 bridgehead atoms. The van der Waals surface area contributed by atoms with Gasteiger partial charge in [-0.2, -0.15) is 0 Å². The maximum Gasteiger partial charge on any atom is 0.192 e. The highest BCUT2D eigenvalue weighted by atomic mass is 32.1. The largest absolute Gasteiger partial charge is 0.410 e. The standard InChI is InChI=1S/C24H41NO3SSi/c1-18(16-27-23-11-9-10-14-26-23)12-13-22(28-30(7,8)24(4,5)6)19(2)15-21-17-29-20(3)25-21/h12,15,17,22-23H,9-11,13-14,16H2,1-8H3/t22-,23?/m0/s1. The summed E-state index contributed by atoms with van der Waals surface area (Å²) in [4.78, 5) is 4.60. The van der Waals surface area contributed by atoms with Crippen molar-refractivity contribution in [1.82, 2.24) is 4.98 Å². The molecule has 4 nitrogen and oxygen atoms in total. The van der Waals surface area contributed by atoms with Crippen LogP contribution < -0.4 is 0 Å². The Bertz CT molecular complexity index is 727. The number of rotatable bonds is 9. The molecule has 2 rings (SSSR count). The van der Waals surface area contributed by atoms with Crippen LogP contribution in [0, 0.1) is 6.92 Å². The molecular weight excluding hydrogens is 410 g/mol. The molecule has 1 unspecified atom stereocenters. The summed E-state index contributed by atoms with van der Waals surface area (Å²) in [7, 11) is -1.90. The molecule has 1 aliphatic heterocycles. The minimum Gasteiger partial charge on any atom is -0.410 e. The number of thiazole rings is 1. The quantitative estimate of drug-likeness (QED) is 0.296. The first-order valence-electron chi connectivity index (χ1n) is 11.1. The van der Waals surface area contributed by atoms with Gasteiger partial charge in [0, 0.05) is 12.0 Å². The van der Waals surface area contributed by atoms with E-state index >= 15 is 0 Å². The lowest BCUT2D eigenvalue weighted by Crippen LogP contribution is -2.44. The van der Waals surface area contributed by atoms with E-state index in [1.807, 2.05) is 6.92 Å². The van der Waals surface area contributed by atoms with Crippen molar-refractivity contribution in [3.05, 3.63) is 33.3 Å². The van der Waals surface area contributed by atoms with E-state index in [0.29, 0.717) is 6.61 Å². The Hall–Kier alpha value is -0.793. The first-order valence-corrected chi connectivity index (χ1v) is 14.9. The Balaban J connectivity index is 2.08. The highest BCUT2D eigenvalue weighted by molar-refractivity contribution is 7.09. The molecule has 1 aromatic heterocycles. The maximum atomic E-state index is 6.82. The van der Waals surface area contributed by atoms with Gasteiger partial charge in [0.15, 0.2) is 14.6 Å². The normalized spacial score (nSPS) is 20.5. The summed E-state index contributed by atoms with van der Waals surface area (Å²) in [6.07, 6.45) is 8.63. The van der Waals surface area contributed by atoms with Crippen LogP contribution in [0.5, 0.6) is 0 Å². The average molecular weight is 452 g/mol. The minimum absolute atomic E-state index is 0.0454. The van der Waals surface area contributed by atoms with Crippen LogP contribution in [0.3, 0.4) is 0 Å². The van der Waals surface area contributed by atoms with Gasteiger partial charge in [0.25, 0.3) is 0 Å². The van der Waals surface area contributed by atoms with E-state index in [2.05, 4.69) is 70.2 Å². The van der Waals surface area contributed by atoms with Crippen molar-refractivity contribution in [3.8, 4) is 0 Å². The number of aromatic nitrogens is 1. The Labute approximate surface area is 188 Å². The van der Waals surface area contributed by atoms with Gasteiger partial charge in [0.2, 0.25) is 0 Å². The fourth-order valence-electron chi connectivity index (χ4n) is 3.07. The van der Waals surface area contributed by atoms with Crippen molar-refractivity contribution in [2.24, 2.45) is 0 Å². The number of ether oxygens (including phenoxy) is 2. The summed E-state index contributed by atoms with van der Waals surface area (Å²) < 4.78 is 18.4. The fraction of sp³-hybridized carbons (Fsp3) is 0.708. The lowest BCUT2D eigenvalue weighted by molar-refractivity contribution is -0.156. The predicted molar refractivity (Wildman–Crippen MR) is 130 cm³/mol. The first-order chi connectivity index (χ1) is 14.0. The molecular formula is C24H41NO3SSi. The molecule has 170 valence electrons. The van der Waals surface area contributed by atoms with Crippen LogP contribution in [0.15, 0.2) is 22.6 Å². The van der Waals surface area contributed by atoms with Crippen LogP contribution in [0.4, 0.5) is 0 Å². The Morgan fingerprint density at radius 3 is 2.63 bits per heavy atom. The lowest BCUT2D eigenvalue weighted by Gasteiger charge is -2.39. The van der Waals surface area contributed by atoms with Gasteiger partial charge < -0.3 is 13.9 Å². The Kier molecular flexibility index (Phi) is 9.49. The molecule has 0 saturated carbocycles. The van der Waals surface area contributed by atoms with E-state index in [4.69, 9.17) is 13.9 Å². The van der Waals surface area contributed by atoms with E-state index in [1.54, 1.807) is 11.3 Å². The van der Waals surface area contributed by atoms with Gasteiger partial charge in [-0.25, -0.2) is 4.98 Å². The highest BCUT2D eigenvalue weighted by Crippen LogP contribution is 2.38. The van der Waals surface area contributed by atoms with Gasteiger partial charge in [0.05, 0.1) is 23.4 Å². The van der Waals surface area contributed by atoms with Crippen molar-refractivity contribution < 1.29 is 13.9 Å². The molecule has 2 heterocycles. The summed E-state index contributed by atoms with van der Waals surface area (Å²) in [5.74, 6) is 0. The zero-order valence-electron chi connectivity index (χ0n) is 20.2. The van der Waals surface area contributed by atoms with Crippen LogP contribution in [0.25, 0.3) is 6.08 Å². The monoisotopic (exact) mass is 451 g/mol. The highest BCUT2D eigenvalue weighted by Gasteiger charge is 2.39. The molecule has 1 aliphatic rings. The zero-order valence-corrected chi connectivity index (χ0v) is 22.0. The van der Waals surface area contributed by atoms with Crippen molar-refractivity contribution in [3.63, 3.8) is 0 Å². The van der Waals surface area contributed by atoms with E-state index in [9.17, 15) is 0 Å². The molecule has 0 spiro atoms. The molecule has 0 aliphatic carbocycles. The van der Waals surface area contributed by atoms with E-state index in [-0.39, 0.29) is 17.4 Å². The summed E-state index contributed by atoms with van der Waals surface area (Å²) in [5, 5.41) is 3.37. The minimum atomic E-state index is -1.90. The third-order valence-electron chi connectivity index (χ3n) is 6.08. The molecule has 0 radical (unpaired) electrons. The second-order valence-electron chi connectivity index (χ2n) is 9.94. The molecule has 1 fully saturated rings. The van der Waals surface area contributed by atoms with Crippen molar-refractivity contribution >= 4 is 25.7 Å². The zero-order chi connectivity index (χ0) is 22.4. The van der Waals surface area contributed by atoms with Crippen LogP contribution in [0.1, 0.15) is 71.0 Å². The van der Waals surface area contributed by atoms with Crippen LogP contribution in [-0.4, -0.2) is 38.9 Å². The Morgan fingerprint density at radius 1 is 1.33 bits per heavy atom. The van der Waals surface area contributed by atoms with E-state index in [1.165, 1.54) is 17.6 Å². The van der Waals surface area contributed by atoms with E-state index in [0.717, 1.165) is 36.6 Å². The molecule has 30 heavy (non-hydrogen) atoms.